The van der Waals surface area contributed by atoms with Crippen molar-refractivity contribution in [2.24, 2.45) is 0 Å². The molecule has 6 heteroatoms. The monoisotopic (exact) mass is 385 g/mol. The van der Waals surface area contributed by atoms with E-state index < -0.39 is 0 Å². The predicted molar refractivity (Wildman–Crippen MR) is 110 cm³/mol. The molecule has 3 aromatic rings. The fourth-order valence-corrected chi connectivity index (χ4v) is 2.70. The Balaban J connectivity index is 1.66. The first-order chi connectivity index (χ1) is 14.1. The molecule has 0 aliphatic rings. The second-order valence-electron chi connectivity index (χ2n) is 6.20. The van der Waals surface area contributed by atoms with Crippen LogP contribution in [0.4, 0.5) is 5.69 Å². The summed E-state index contributed by atoms with van der Waals surface area (Å²) in [5, 5.41) is 14.5. The van der Waals surface area contributed by atoms with E-state index in [1.807, 2.05) is 12.1 Å². The number of nitriles is 1. The van der Waals surface area contributed by atoms with Crippen molar-refractivity contribution >= 4 is 17.5 Å². The average Bonchev–Trinajstić information content (AvgIpc) is 2.78. The molecular formula is C23H19N3O3. The molecule has 0 aliphatic carbocycles. The highest BCUT2D eigenvalue weighted by atomic mass is 16.5. The standard InChI is InChI=1S/C23H19N3O3/c1-25-22(27)16-9-11-20(12-10-16)26-23(28)17-7-4-8-21(13-17)29-15-19-6-3-2-5-18(19)14-24/h2-13H,15H2,1H3,(H,25,27)(H,26,28). The van der Waals surface area contributed by atoms with Crippen molar-refractivity contribution in [1.82, 2.24) is 5.32 Å². The van der Waals surface area contributed by atoms with Crippen LogP contribution in [-0.4, -0.2) is 18.9 Å². The first-order valence-electron chi connectivity index (χ1n) is 8.95. The number of ether oxygens (including phenoxy) is 1. The van der Waals surface area contributed by atoms with Gasteiger partial charge in [-0.1, -0.05) is 24.3 Å². The van der Waals surface area contributed by atoms with E-state index in [2.05, 4.69) is 16.7 Å². The Morgan fingerprint density at radius 3 is 2.41 bits per heavy atom. The van der Waals surface area contributed by atoms with Gasteiger partial charge in [-0.05, 0) is 48.5 Å². The first-order valence-corrected chi connectivity index (χ1v) is 8.95. The van der Waals surface area contributed by atoms with Crippen LogP contribution in [0.3, 0.4) is 0 Å². The maximum atomic E-state index is 12.5. The van der Waals surface area contributed by atoms with Crippen LogP contribution < -0.4 is 15.4 Å². The van der Waals surface area contributed by atoms with Gasteiger partial charge in [0.2, 0.25) is 0 Å². The molecule has 3 rings (SSSR count). The molecule has 3 aromatic carbocycles. The Bertz CT molecular complexity index is 1070. The van der Waals surface area contributed by atoms with E-state index in [0.717, 1.165) is 5.56 Å². The van der Waals surface area contributed by atoms with E-state index in [9.17, 15) is 9.59 Å². The molecule has 2 N–H and O–H groups in total. The SMILES string of the molecule is CNC(=O)c1ccc(NC(=O)c2cccc(OCc3ccccc3C#N)c2)cc1. The highest BCUT2D eigenvalue weighted by Crippen LogP contribution is 2.18. The molecule has 0 atom stereocenters. The van der Waals surface area contributed by atoms with E-state index >= 15 is 0 Å². The Morgan fingerprint density at radius 1 is 0.931 bits per heavy atom. The van der Waals surface area contributed by atoms with Gasteiger partial charge in [-0.2, -0.15) is 5.26 Å². The first kappa shape index (κ1) is 19.6. The Kier molecular flexibility index (Phi) is 6.23. The lowest BCUT2D eigenvalue weighted by Gasteiger charge is -2.10. The van der Waals surface area contributed by atoms with Crippen LogP contribution in [0.2, 0.25) is 0 Å². The minimum atomic E-state index is -0.291. The molecule has 0 fully saturated rings. The van der Waals surface area contributed by atoms with Crippen LogP contribution in [0.5, 0.6) is 5.75 Å². The van der Waals surface area contributed by atoms with Gasteiger partial charge >= 0.3 is 0 Å². The predicted octanol–water partition coefficient (Wildman–Crippen LogP) is 3.75. The molecule has 0 saturated carbocycles. The van der Waals surface area contributed by atoms with Crippen LogP contribution >= 0.6 is 0 Å². The fourth-order valence-electron chi connectivity index (χ4n) is 2.70. The molecule has 144 valence electrons. The van der Waals surface area contributed by atoms with Crippen molar-refractivity contribution in [2.75, 3.05) is 12.4 Å². The van der Waals surface area contributed by atoms with E-state index in [4.69, 9.17) is 10.00 Å². The van der Waals surface area contributed by atoms with Crippen molar-refractivity contribution in [1.29, 1.82) is 5.26 Å². The maximum absolute atomic E-state index is 12.5. The number of rotatable bonds is 6. The van der Waals surface area contributed by atoms with Gasteiger partial charge in [-0.3, -0.25) is 9.59 Å². The fraction of sp³-hybridized carbons (Fsp3) is 0.0870. The van der Waals surface area contributed by atoms with Crippen molar-refractivity contribution in [2.45, 2.75) is 6.61 Å². The number of nitrogens with one attached hydrogen (secondary N) is 2. The summed E-state index contributed by atoms with van der Waals surface area (Å²) >= 11 is 0. The number of carbonyl (C=O) groups is 2. The number of hydrogen-bond donors (Lipinski definition) is 2. The molecule has 0 spiro atoms. The van der Waals surface area contributed by atoms with E-state index in [0.29, 0.717) is 28.1 Å². The third kappa shape index (κ3) is 4.99. The molecule has 0 unspecified atom stereocenters. The number of nitrogens with zero attached hydrogens (tertiary/aromatic N) is 1. The zero-order valence-electron chi connectivity index (χ0n) is 15.8. The number of hydrogen-bond acceptors (Lipinski definition) is 4. The van der Waals surface area contributed by atoms with Gasteiger partial charge in [-0.15, -0.1) is 0 Å². The zero-order valence-corrected chi connectivity index (χ0v) is 15.8. The van der Waals surface area contributed by atoms with Gasteiger partial charge in [-0.25, -0.2) is 0 Å². The number of anilines is 1. The Morgan fingerprint density at radius 2 is 1.69 bits per heavy atom. The van der Waals surface area contributed by atoms with Crippen molar-refractivity contribution in [3.8, 4) is 11.8 Å². The van der Waals surface area contributed by atoms with Gasteiger partial charge in [0.1, 0.15) is 12.4 Å². The van der Waals surface area contributed by atoms with Crippen LogP contribution in [0.25, 0.3) is 0 Å². The summed E-state index contributed by atoms with van der Waals surface area (Å²) in [4.78, 5) is 24.1. The average molecular weight is 385 g/mol. The van der Waals surface area contributed by atoms with E-state index in [-0.39, 0.29) is 18.4 Å². The van der Waals surface area contributed by atoms with E-state index in [1.165, 1.54) is 0 Å². The second-order valence-corrected chi connectivity index (χ2v) is 6.20. The maximum Gasteiger partial charge on any atom is 0.255 e. The quantitative estimate of drug-likeness (QED) is 0.676. The minimum absolute atomic E-state index is 0.189. The minimum Gasteiger partial charge on any atom is -0.489 e. The normalized spacial score (nSPS) is 9.93. The molecule has 0 aromatic heterocycles. The van der Waals surface area contributed by atoms with Gasteiger partial charge < -0.3 is 15.4 Å². The Hall–Kier alpha value is -4.11. The zero-order chi connectivity index (χ0) is 20.6. The van der Waals surface area contributed by atoms with Gasteiger partial charge in [0.15, 0.2) is 0 Å². The molecule has 6 nitrogen and oxygen atoms in total. The van der Waals surface area contributed by atoms with Crippen LogP contribution in [-0.2, 0) is 6.61 Å². The molecule has 0 heterocycles. The lowest BCUT2D eigenvalue weighted by molar-refractivity contribution is 0.0962. The molecule has 0 saturated heterocycles. The third-order valence-corrected chi connectivity index (χ3v) is 4.26. The summed E-state index contributed by atoms with van der Waals surface area (Å²) < 4.78 is 5.75. The topological polar surface area (TPSA) is 91.2 Å². The van der Waals surface area contributed by atoms with Gasteiger partial charge in [0.05, 0.1) is 11.6 Å². The van der Waals surface area contributed by atoms with Crippen LogP contribution in [0, 0.1) is 11.3 Å². The number of carbonyl (C=O) groups excluding carboxylic acids is 2. The smallest absolute Gasteiger partial charge is 0.255 e. The molecule has 29 heavy (non-hydrogen) atoms. The lowest BCUT2D eigenvalue weighted by Crippen LogP contribution is -2.17. The summed E-state index contributed by atoms with van der Waals surface area (Å²) in [6.45, 7) is 0.232. The summed E-state index contributed by atoms with van der Waals surface area (Å²) in [5.41, 5.74) is 2.87. The highest BCUT2D eigenvalue weighted by Gasteiger charge is 2.09. The van der Waals surface area contributed by atoms with Crippen molar-refractivity contribution in [3.63, 3.8) is 0 Å². The summed E-state index contributed by atoms with van der Waals surface area (Å²) in [6.07, 6.45) is 0. The van der Waals surface area contributed by atoms with Gasteiger partial charge in [0, 0.05) is 29.4 Å². The largest absolute Gasteiger partial charge is 0.489 e. The second kappa shape index (κ2) is 9.20. The molecule has 0 radical (unpaired) electrons. The highest BCUT2D eigenvalue weighted by molar-refractivity contribution is 6.04. The van der Waals surface area contributed by atoms with Crippen LogP contribution in [0.15, 0.2) is 72.8 Å². The van der Waals surface area contributed by atoms with Gasteiger partial charge in [0.25, 0.3) is 11.8 Å². The summed E-state index contributed by atoms with van der Waals surface area (Å²) in [7, 11) is 1.56. The van der Waals surface area contributed by atoms with E-state index in [1.54, 1.807) is 67.7 Å². The van der Waals surface area contributed by atoms with Crippen molar-refractivity contribution in [3.05, 3.63) is 95.1 Å². The molecule has 0 bridgehead atoms. The molecule has 0 aliphatic heterocycles. The van der Waals surface area contributed by atoms with Crippen LogP contribution in [0.1, 0.15) is 31.8 Å². The number of amides is 2. The summed E-state index contributed by atoms with van der Waals surface area (Å²) in [6, 6.07) is 22.8. The molecule has 2 amide bonds. The van der Waals surface area contributed by atoms with Crippen molar-refractivity contribution < 1.29 is 14.3 Å². The lowest BCUT2D eigenvalue weighted by atomic mass is 10.1. The Labute approximate surface area is 168 Å². The third-order valence-electron chi connectivity index (χ3n) is 4.26. The molecular weight excluding hydrogens is 366 g/mol. The number of benzene rings is 3. The summed E-state index contributed by atoms with van der Waals surface area (Å²) in [5.74, 6) is 0.0478.